The van der Waals surface area contributed by atoms with Crippen LogP contribution in [0.4, 0.5) is 13.2 Å². The van der Waals surface area contributed by atoms with Crippen molar-refractivity contribution >= 4 is 7.82 Å². The molecule has 0 amide bonds. The second-order valence-corrected chi connectivity index (χ2v) is 7.40. The monoisotopic (exact) mass is 366 g/mol. The molecular formula is C16H22F3O4P. The predicted molar refractivity (Wildman–Crippen MR) is 83.5 cm³/mol. The van der Waals surface area contributed by atoms with Gasteiger partial charge in [0.2, 0.25) is 0 Å². The van der Waals surface area contributed by atoms with Gasteiger partial charge in [-0.2, -0.15) is 4.52 Å². The summed E-state index contributed by atoms with van der Waals surface area (Å²) in [7, 11) is -5.09. The zero-order chi connectivity index (χ0) is 17.6. The van der Waals surface area contributed by atoms with Crippen molar-refractivity contribution in [2.24, 2.45) is 0 Å². The van der Waals surface area contributed by atoms with Crippen LogP contribution in [0.3, 0.4) is 0 Å². The van der Waals surface area contributed by atoms with Crippen LogP contribution in [0.25, 0.3) is 0 Å². The van der Waals surface area contributed by atoms with Gasteiger partial charge in [-0.25, -0.2) is 4.57 Å². The van der Waals surface area contributed by atoms with Crippen LogP contribution in [0.5, 0.6) is 0 Å². The van der Waals surface area contributed by atoms with Crippen molar-refractivity contribution in [3.05, 3.63) is 35.4 Å². The Morgan fingerprint density at radius 1 is 1.21 bits per heavy atom. The summed E-state index contributed by atoms with van der Waals surface area (Å²) in [4.78, 5) is 8.95. The summed E-state index contributed by atoms with van der Waals surface area (Å²) in [5, 5.41) is 0. The predicted octanol–water partition coefficient (Wildman–Crippen LogP) is 5.32. The van der Waals surface area contributed by atoms with Gasteiger partial charge < -0.3 is 4.89 Å². The van der Waals surface area contributed by atoms with Gasteiger partial charge in [0.1, 0.15) is 0 Å². The van der Waals surface area contributed by atoms with Crippen LogP contribution in [-0.4, -0.2) is 17.9 Å². The number of hydrogen-bond acceptors (Lipinski definition) is 3. The number of hydrogen-bond donors (Lipinski definition) is 1. The van der Waals surface area contributed by atoms with E-state index in [1.807, 2.05) is 12.1 Å². The first-order chi connectivity index (χ1) is 11.3. The summed E-state index contributed by atoms with van der Waals surface area (Å²) in [6.07, 6.45) is 1.85. The molecule has 0 aromatic heterocycles. The molecule has 1 atom stereocenters. The summed E-state index contributed by atoms with van der Waals surface area (Å²) >= 11 is 0. The van der Waals surface area contributed by atoms with Crippen LogP contribution in [0.2, 0.25) is 0 Å². The van der Waals surface area contributed by atoms with Gasteiger partial charge in [-0.1, -0.05) is 43.5 Å². The molecule has 4 nitrogen and oxygen atoms in total. The van der Waals surface area contributed by atoms with E-state index in [9.17, 15) is 17.7 Å². The van der Waals surface area contributed by atoms with Crippen LogP contribution >= 0.6 is 7.82 Å². The Balaban J connectivity index is 1.79. The first-order valence-corrected chi connectivity index (χ1v) is 9.58. The first-order valence-electron chi connectivity index (χ1n) is 8.09. The molecule has 1 N–H and O–H groups in total. The maximum Gasteiger partial charge on any atom is 0.531 e. The van der Waals surface area contributed by atoms with Gasteiger partial charge in [-0.05, 0) is 42.7 Å². The number of aryl methyl sites for hydroxylation is 1. The van der Waals surface area contributed by atoms with Crippen molar-refractivity contribution in [2.45, 2.75) is 57.2 Å². The van der Waals surface area contributed by atoms with Crippen molar-refractivity contribution < 1.29 is 31.7 Å². The Kier molecular flexibility index (Phi) is 6.87. The van der Waals surface area contributed by atoms with Crippen molar-refractivity contribution in [3.63, 3.8) is 0 Å². The first kappa shape index (κ1) is 19.4. The maximum atomic E-state index is 11.9. The minimum Gasteiger partial charge on any atom is -0.302 e. The van der Waals surface area contributed by atoms with Gasteiger partial charge in [-0.15, -0.1) is 13.2 Å². The zero-order valence-electron chi connectivity index (χ0n) is 13.3. The molecule has 1 aliphatic carbocycles. The third-order valence-corrected chi connectivity index (χ3v) is 5.06. The molecule has 0 bridgehead atoms. The fourth-order valence-electron chi connectivity index (χ4n) is 3.05. The summed E-state index contributed by atoms with van der Waals surface area (Å²) in [6.45, 7) is -0.280. The molecule has 1 unspecified atom stereocenters. The minimum absolute atomic E-state index is 0.280. The van der Waals surface area contributed by atoms with Crippen molar-refractivity contribution in [1.29, 1.82) is 0 Å². The Bertz CT molecular complexity index is 571. The fraction of sp³-hybridized carbons (Fsp3) is 0.625. The molecule has 8 heteroatoms. The van der Waals surface area contributed by atoms with E-state index < -0.39 is 14.2 Å². The SMILES string of the molecule is O=P(O)(OCCCc1cccc(C2CCCCC2)c1)OC(F)(F)F. The fourth-order valence-corrected chi connectivity index (χ4v) is 3.73. The number of phosphoric acid groups is 1. The van der Waals surface area contributed by atoms with Crippen molar-refractivity contribution in [3.8, 4) is 0 Å². The van der Waals surface area contributed by atoms with E-state index in [1.54, 1.807) is 0 Å². The number of alkyl halides is 3. The third-order valence-electron chi connectivity index (χ3n) is 4.11. The molecule has 0 aliphatic heterocycles. The highest BCUT2D eigenvalue weighted by Crippen LogP contribution is 2.48. The average Bonchev–Trinajstić information content (AvgIpc) is 2.50. The highest BCUT2D eigenvalue weighted by molar-refractivity contribution is 7.47. The standard InChI is InChI=1S/C16H22F3O4P/c17-16(18,19)23-24(20,21)22-11-5-7-13-6-4-10-15(12-13)14-8-2-1-3-9-14/h4,6,10,12,14H,1-3,5,7-9,11H2,(H,20,21). The Hall–Kier alpha value is -0.880. The van der Waals surface area contributed by atoms with Gasteiger partial charge in [-0.3, -0.25) is 4.52 Å². The smallest absolute Gasteiger partial charge is 0.302 e. The molecule has 136 valence electrons. The average molecular weight is 366 g/mol. The Morgan fingerprint density at radius 2 is 1.92 bits per heavy atom. The second-order valence-electron chi connectivity index (χ2n) is 6.02. The van der Waals surface area contributed by atoms with Gasteiger partial charge in [0, 0.05) is 0 Å². The molecule has 1 saturated carbocycles. The van der Waals surface area contributed by atoms with Gasteiger partial charge in [0.05, 0.1) is 6.61 Å². The van der Waals surface area contributed by atoms with E-state index in [0.29, 0.717) is 18.8 Å². The molecule has 1 aromatic carbocycles. The van der Waals surface area contributed by atoms with Gasteiger partial charge >= 0.3 is 14.2 Å². The van der Waals surface area contributed by atoms with Crippen LogP contribution in [-0.2, 0) is 20.0 Å². The number of rotatable bonds is 7. The lowest BCUT2D eigenvalue weighted by atomic mass is 9.83. The molecule has 1 aromatic rings. The topological polar surface area (TPSA) is 55.8 Å². The van der Waals surface area contributed by atoms with E-state index in [0.717, 1.165) is 5.56 Å². The minimum atomic E-state index is -5.20. The van der Waals surface area contributed by atoms with Crippen molar-refractivity contribution in [2.75, 3.05) is 6.61 Å². The summed E-state index contributed by atoms with van der Waals surface area (Å²) in [6, 6.07) is 8.14. The van der Waals surface area contributed by atoms with E-state index in [2.05, 4.69) is 21.2 Å². The highest BCUT2D eigenvalue weighted by atomic mass is 31.2. The normalized spacial score (nSPS) is 19.2. The largest absolute Gasteiger partial charge is 0.531 e. The lowest BCUT2D eigenvalue weighted by Crippen LogP contribution is -2.12. The molecule has 0 heterocycles. The van der Waals surface area contributed by atoms with Crippen molar-refractivity contribution in [1.82, 2.24) is 0 Å². The summed E-state index contributed by atoms with van der Waals surface area (Å²) in [5.74, 6) is 0.577. The molecule has 0 spiro atoms. The van der Waals surface area contributed by atoms with E-state index in [4.69, 9.17) is 4.89 Å². The Morgan fingerprint density at radius 3 is 2.58 bits per heavy atom. The molecule has 24 heavy (non-hydrogen) atoms. The lowest BCUT2D eigenvalue weighted by molar-refractivity contribution is -0.282. The second kappa shape index (κ2) is 8.48. The molecule has 0 radical (unpaired) electrons. The highest BCUT2D eigenvalue weighted by Gasteiger charge is 2.40. The van der Waals surface area contributed by atoms with Gasteiger partial charge in [0.25, 0.3) is 0 Å². The Labute approximate surface area is 139 Å². The van der Waals surface area contributed by atoms with E-state index in [-0.39, 0.29) is 6.61 Å². The third kappa shape index (κ3) is 6.93. The number of halogens is 3. The molecule has 2 rings (SSSR count). The maximum absolute atomic E-state index is 11.9. The quantitative estimate of drug-likeness (QED) is 0.524. The van der Waals surface area contributed by atoms with Gasteiger partial charge in [0.15, 0.2) is 0 Å². The van der Waals surface area contributed by atoms with Crippen LogP contribution in [0.1, 0.15) is 55.6 Å². The number of benzene rings is 1. The van der Waals surface area contributed by atoms with Crippen LogP contribution in [0, 0.1) is 0 Å². The van der Waals surface area contributed by atoms with E-state index >= 15 is 0 Å². The zero-order valence-corrected chi connectivity index (χ0v) is 14.2. The molecule has 0 saturated heterocycles. The molecule has 1 fully saturated rings. The number of phosphoric ester groups is 1. The van der Waals surface area contributed by atoms with Crippen LogP contribution in [0.15, 0.2) is 24.3 Å². The summed E-state index contributed by atoms with van der Waals surface area (Å²) in [5.41, 5.74) is 2.34. The molecular weight excluding hydrogens is 344 g/mol. The van der Waals surface area contributed by atoms with E-state index in [1.165, 1.54) is 37.7 Å². The summed E-state index contributed by atoms with van der Waals surface area (Å²) < 4.78 is 54.2. The lowest BCUT2D eigenvalue weighted by Gasteiger charge is -2.22. The molecule has 1 aliphatic rings. The van der Waals surface area contributed by atoms with Crippen LogP contribution < -0.4 is 0 Å².